The van der Waals surface area contributed by atoms with Crippen molar-refractivity contribution in [1.29, 1.82) is 0 Å². The van der Waals surface area contributed by atoms with Gasteiger partial charge in [0.25, 0.3) is 15.9 Å². The van der Waals surface area contributed by atoms with E-state index in [4.69, 9.17) is 4.74 Å². The first-order valence-corrected chi connectivity index (χ1v) is 9.98. The topological polar surface area (TPSA) is 92.8 Å². The number of benzene rings is 1. The molecular weight excluding hydrogens is 356 g/mol. The van der Waals surface area contributed by atoms with E-state index in [0.717, 1.165) is 18.4 Å². The molecule has 1 aromatic carbocycles. The van der Waals surface area contributed by atoms with Crippen LogP contribution in [0.1, 0.15) is 30.9 Å². The van der Waals surface area contributed by atoms with E-state index in [1.807, 2.05) is 6.92 Å². The van der Waals surface area contributed by atoms with E-state index >= 15 is 0 Å². The van der Waals surface area contributed by atoms with Crippen molar-refractivity contribution >= 4 is 26.7 Å². The second-order valence-electron chi connectivity index (χ2n) is 6.58. The average Bonchev–Trinajstić information content (AvgIpc) is 3.17. The largest absolute Gasteiger partial charge is 0.376 e. The Morgan fingerprint density at radius 3 is 2.58 bits per heavy atom. The molecule has 2 heterocycles. The van der Waals surface area contributed by atoms with Gasteiger partial charge in [-0.05, 0) is 32.3 Å². The molecule has 0 spiro atoms. The molecular formula is C18H22N2O5S. The number of nitrogens with one attached hydrogen (secondary N) is 1. The fraction of sp³-hybridized carbons (Fsp3) is 0.444. The number of aryl methyl sites for hydroxylation is 1. The van der Waals surface area contributed by atoms with E-state index < -0.39 is 28.4 Å². The second-order valence-corrected chi connectivity index (χ2v) is 8.38. The summed E-state index contributed by atoms with van der Waals surface area (Å²) >= 11 is 0. The van der Waals surface area contributed by atoms with Crippen molar-refractivity contribution in [1.82, 2.24) is 9.62 Å². The molecule has 3 rings (SSSR count). The normalized spacial score (nSPS) is 22.2. The molecule has 8 heteroatoms. The number of carbonyl (C=O) groups is 2. The van der Waals surface area contributed by atoms with Gasteiger partial charge in [-0.25, -0.2) is 12.7 Å². The van der Waals surface area contributed by atoms with Gasteiger partial charge in [0, 0.05) is 18.7 Å². The van der Waals surface area contributed by atoms with Crippen LogP contribution in [0, 0.1) is 6.92 Å². The fourth-order valence-electron chi connectivity index (χ4n) is 3.14. The van der Waals surface area contributed by atoms with Crippen LogP contribution in [0.25, 0.3) is 4.91 Å². The number of ether oxygens (including phenoxy) is 1. The molecule has 26 heavy (non-hydrogen) atoms. The fourth-order valence-corrected chi connectivity index (χ4v) is 4.91. The van der Waals surface area contributed by atoms with E-state index in [2.05, 4.69) is 5.32 Å². The van der Waals surface area contributed by atoms with E-state index in [9.17, 15) is 18.0 Å². The molecule has 0 aliphatic carbocycles. The second kappa shape index (κ2) is 7.20. The molecule has 140 valence electrons. The van der Waals surface area contributed by atoms with Gasteiger partial charge in [-0.2, -0.15) is 0 Å². The van der Waals surface area contributed by atoms with Crippen molar-refractivity contribution in [2.24, 2.45) is 0 Å². The summed E-state index contributed by atoms with van der Waals surface area (Å²) in [5.41, 5.74) is 1.56. The summed E-state index contributed by atoms with van der Waals surface area (Å²) in [6.07, 6.45) is 1.76. The first-order chi connectivity index (χ1) is 12.3. The summed E-state index contributed by atoms with van der Waals surface area (Å²) in [4.78, 5) is 24.6. The molecule has 2 aliphatic rings. The molecule has 2 aliphatic heterocycles. The summed E-state index contributed by atoms with van der Waals surface area (Å²) in [5, 5.41) is 2.65. The van der Waals surface area contributed by atoms with Crippen LogP contribution in [-0.4, -0.2) is 50.3 Å². The predicted octanol–water partition coefficient (Wildman–Crippen LogP) is 1.19. The molecule has 1 N–H and O–H groups in total. The van der Waals surface area contributed by atoms with Gasteiger partial charge in [-0.1, -0.05) is 29.8 Å². The lowest BCUT2D eigenvalue weighted by Gasteiger charge is -2.17. The monoisotopic (exact) mass is 378 g/mol. The first-order valence-electron chi connectivity index (χ1n) is 8.54. The van der Waals surface area contributed by atoms with Gasteiger partial charge in [0.2, 0.25) is 5.91 Å². The van der Waals surface area contributed by atoms with Gasteiger partial charge in [-0.15, -0.1) is 0 Å². The smallest absolute Gasteiger partial charge is 0.268 e. The van der Waals surface area contributed by atoms with E-state index in [0.29, 0.717) is 23.0 Å². The Labute approximate surface area is 153 Å². The zero-order valence-corrected chi connectivity index (χ0v) is 15.6. The van der Waals surface area contributed by atoms with Crippen molar-refractivity contribution in [3.8, 4) is 0 Å². The van der Waals surface area contributed by atoms with Gasteiger partial charge in [0.15, 0.2) is 0 Å². The van der Waals surface area contributed by atoms with Gasteiger partial charge < -0.3 is 10.1 Å². The van der Waals surface area contributed by atoms with Gasteiger partial charge in [0.05, 0.1) is 6.10 Å². The molecule has 1 atom stereocenters. The first kappa shape index (κ1) is 18.6. The molecule has 0 radical (unpaired) electrons. The minimum Gasteiger partial charge on any atom is -0.376 e. The Kier molecular flexibility index (Phi) is 5.15. The molecule has 1 fully saturated rings. The molecule has 7 nitrogen and oxygen atoms in total. The number of sulfonamides is 1. The molecule has 1 saturated heterocycles. The maximum Gasteiger partial charge on any atom is 0.268 e. The summed E-state index contributed by atoms with van der Waals surface area (Å²) in [5.74, 6) is -1.18. The van der Waals surface area contributed by atoms with Gasteiger partial charge in [-0.3, -0.25) is 9.59 Å². The van der Waals surface area contributed by atoms with Crippen LogP contribution >= 0.6 is 0 Å². The minimum absolute atomic E-state index is 0.0329. The summed E-state index contributed by atoms with van der Waals surface area (Å²) in [6, 6.07) is 6.90. The molecule has 0 saturated carbocycles. The van der Waals surface area contributed by atoms with Crippen LogP contribution in [0.3, 0.4) is 0 Å². The van der Waals surface area contributed by atoms with E-state index in [-0.39, 0.29) is 16.6 Å². The Morgan fingerprint density at radius 2 is 1.96 bits per heavy atom. The van der Waals surface area contributed by atoms with Crippen LogP contribution in [0.5, 0.6) is 0 Å². The van der Waals surface area contributed by atoms with Crippen LogP contribution in [0.15, 0.2) is 29.8 Å². The highest BCUT2D eigenvalue weighted by Crippen LogP contribution is 2.35. The zero-order valence-electron chi connectivity index (χ0n) is 14.8. The lowest BCUT2D eigenvalue weighted by atomic mass is 10.1. The van der Waals surface area contributed by atoms with Crippen molar-refractivity contribution < 1.29 is 22.7 Å². The summed E-state index contributed by atoms with van der Waals surface area (Å²) in [7, 11) is -4.05. The number of hydrogen-bond acceptors (Lipinski definition) is 5. The lowest BCUT2D eigenvalue weighted by molar-refractivity contribution is -0.128. The van der Waals surface area contributed by atoms with E-state index in [1.54, 1.807) is 24.3 Å². The molecule has 1 unspecified atom stereocenters. The quantitative estimate of drug-likeness (QED) is 0.831. The molecule has 0 bridgehead atoms. The Bertz CT molecular complexity index is 852. The molecule has 0 aromatic heterocycles. The number of rotatable bonds is 5. The van der Waals surface area contributed by atoms with Crippen LogP contribution in [0.2, 0.25) is 0 Å². The Morgan fingerprint density at radius 1 is 1.27 bits per heavy atom. The highest BCUT2D eigenvalue weighted by molar-refractivity contribution is 7.99. The van der Waals surface area contributed by atoms with Crippen molar-refractivity contribution in [3.63, 3.8) is 0 Å². The highest BCUT2D eigenvalue weighted by atomic mass is 32.2. The third-order valence-electron chi connectivity index (χ3n) is 4.59. The van der Waals surface area contributed by atoms with Gasteiger partial charge in [0.1, 0.15) is 11.4 Å². The third kappa shape index (κ3) is 3.52. The zero-order chi connectivity index (χ0) is 18.9. The standard InChI is InChI=1S/C18H22N2O5S/c1-12-5-7-14(8-6-12)17-13(2)18(22)20(26(17,23)24)11-16(21)19-10-15-4-3-9-25-15/h5-8,15H,3-4,9-11H2,1-2H3,(H,19,21). The van der Waals surface area contributed by atoms with Gasteiger partial charge >= 0.3 is 0 Å². The average molecular weight is 378 g/mol. The Balaban J connectivity index is 1.74. The molecule has 2 amide bonds. The SMILES string of the molecule is CC1=C(c2ccc(C)cc2)S(=O)(=O)N(CC(=O)NCC2CCCO2)C1=O. The highest BCUT2D eigenvalue weighted by Gasteiger charge is 2.43. The van der Waals surface area contributed by atoms with Crippen LogP contribution < -0.4 is 5.32 Å². The lowest BCUT2D eigenvalue weighted by Crippen LogP contribution is -2.43. The van der Waals surface area contributed by atoms with E-state index in [1.165, 1.54) is 6.92 Å². The van der Waals surface area contributed by atoms with Crippen molar-refractivity contribution in [2.45, 2.75) is 32.8 Å². The maximum atomic E-state index is 12.8. The van der Waals surface area contributed by atoms with Crippen LogP contribution in [-0.2, 0) is 24.3 Å². The van der Waals surface area contributed by atoms with Crippen molar-refractivity contribution in [3.05, 3.63) is 41.0 Å². The van der Waals surface area contributed by atoms with Crippen LogP contribution in [0.4, 0.5) is 0 Å². The third-order valence-corrected chi connectivity index (χ3v) is 6.52. The number of amides is 2. The van der Waals surface area contributed by atoms with Crippen molar-refractivity contribution in [2.75, 3.05) is 19.7 Å². The maximum absolute atomic E-state index is 12.8. The predicted molar refractivity (Wildman–Crippen MR) is 96.4 cm³/mol. The minimum atomic E-state index is -4.05. The summed E-state index contributed by atoms with van der Waals surface area (Å²) in [6.45, 7) is 3.82. The Hall–Kier alpha value is -2.19. The number of hydrogen-bond donors (Lipinski definition) is 1. The number of nitrogens with zero attached hydrogens (tertiary/aromatic N) is 1. The number of carbonyl (C=O) groups excluding carboxylic acids is 2. The summed E-state index contributed by atoms with van der Waals surface area (Å²) < 4.78 is 31.7. The molecule has 1 aromatic rings.